The first-order chi connectivity index (χ1) is 14.8. The van der Waals surface area contributed by atoms with Gasteiger partial charge in [-0.05, 0) is 61.4 Å². The van der Waals surface area contributed by atoms with Crippen LogP contribution in [0.25, 0.3) is 11.4 Å². The van der Waals surface area contributed by atoms with E-state index < -0.39 is 0 Å². The lowest BCUT2D eigenvalue weighted by molar-refractivity contribution is 0.0987. The summed E-state index contributed by atoms with van der Waals surface area (Å²) in [6.07, 6.45) is 8.90. The number of pyridine rings is 2. The summed E-state index contributed by atoms with van der Waals surface area (Å²) in [5, 5.41) is 3.62. The molecular formula is C24H23FN4O. The first-order valence-electron chi connectivity index (χ1n) is 9.97. The van der Waals surface area contributed by atoms with E-state index in [0.29, 0.717) is 13.2 Å². The Labute approximate surface area is 175 Å². The molecule has 0 unspecified atom stereocenters. The van der Waals surface area contributed by atoms with Crippen molar-refractivity contribution < 1.29 is 9.13 Å². The van der Waals surface area contributed by atoms with Crippen LogP contribution in [0.4, 0.5) is 4.39 Å². The highest BCUT2D eigenvalue weighted by Crippen LogP contribution is 2.28. The maximum Gasteiger partial charge on any atom is 0.123 e. The molecule has 3 aromatic rings. The van der Waals surface area contributed by atoms with Crippen LogP contribution in [0.3, 0.4) is 0 Å². The molecule has 152 valence electrons. The van der Waals surface area contributed by atoms with Crippen LogP contribution in [0.5, 0.6) is 0 Å². The van der Waals surface area contributed by atoms with Gasteiger partial charge in [-0.2, -0.15) is 0 Å². The van der Waals surface area contributed by atoms with Gasteiger partial charge >= 0.3 is 0 Å². The summed E-state index contributed by atoms with van der Waals surface area (Å²) in [7, 11) is 0. The first-order valence-corrected chi connectivity index (χ1v) is 9.97. The summed E-state index contributed by atoms with van der Waals surface area (Å²) in [5.41, 5.74) is 4.38. The van der Waals surface area contributed by atoms with E-state index in [1.807, 2.05) is 36.5 Å². The van der Waals surface area contributed by atoms with Gasteiger partial charge < -0.3 is 10.1 Å². The summed E-state index contributed by atoms with van der Waals surface area (Å²) in [6.45, 7) is 1.00. The number of aromatic nitrogens is 2. The van der Waals surface area contributed by atoms with Gasteiger partial charge in [0, 0.05) is 42.0 Å². The summed E-state index contributed by atoms with van der Waals surface area (Å²) in [4.78, 5) is 13.1. The second-order valence-corrected chi connectivity index (χ2v) is 7.03. The fourth-order valence-corrected chi connectivity index (χ4v) is 3.32. The maximum absolute atomic E-state index is 13.5. The van der Waals surface area contributed by atoms with Crippen LogP contribution in [-0.2, 0) is 11.3 Å². The number of ether oxygens (including phenoxy) is 1. The van der Waals surface area contributed by atoms with Crippen LogP contribution in [0, 0.1) is 5.82 Å². The third-order valence-corrected chi connectivity index (χ3v) is 4.83. The molecule has 3 heterocycles. The van der Waals surface area contributed by atoms with Crippen molar-refractivity contribution in [3.8, 4) is 0 Å². The van der Waals surface area contributed by atoms with Crippen molar-refractivity contribution >= 4 is 17.6 Å². The van der Waals surface area contributed by atoms with Gasteiger partial charge in [0.15, 0.2) is 0 Å². The second kappa shape index (κ2) is 9.89. The van der Waals surface area contributed by atoms with Crippen LogP contribution in [0.15, 0.2) is 78.2 Å². The normalized spacial score (nSPS) is 19.0. The molecule has 1 aliphatic heterocycles. The van der Waals surface area contributed by atoms with Crippen LogP contribution >= 0.6 is 0 Å². The average Bonchev–Trinajstić information content (AvgIpc) is 2.77. The number of aliphatic imine (C=N–C) groups is 1. The lowest BCUT2D eigenvalue weighted by Gasteiger charge is -2.25. The van der Waals surface area contributed by atoms with Crippen LogP contribution in [-0.4, -0.2) is 28.8 Å². The molecule has 1 aromatic carbocycles. The van der Waals surface area contributed by atoms with Crippen molar-refractivity contribution in [2.75, 3.05) is 6.61 Å². The lowest BCUT2D eigenvalue weighted by Crippen LogP contribution is -2.33. The van der Waals surface area contributed by atoms with Gasteiger partial charge in [0.25, 0.3) is 0 Å². The predicted octanol–water partition coefficient (Wildman–Crippen LogP) is 4.48. The molecule has 30 heavy (non-hydrogen) atoms. The summed E-state index contributed by atoms with van der Waals surface area (Å²) >= 11 is 0. The molecule has 0 radical (unpaired) electrons. The fourth-order valence-electron chi connectivity index (χ4n) is 3.32. The molecular weight excluding hydrogens is 379 g/mol. The Morgan fingerprint density at radius 1 is 0.967 bits per heavy atom. The highest BCUT2D eigenvalue weighted by molar-refractivity contribution is 5.92. The first kappa shape index (κ1) is 19.9. The molecule has 1 atom stereocenters. The van der Waals surface area contributed by atoms with Crippen molar-refractivity contribution in [3.63, 3.8) is 0 Å². The van der Waals surface area contributed by atoms with Gasteiger partial charge in [-0.25, -0.2) is 4.39 Å². The van der Waals surface area contributed by atoms with Crippen LogP contribution < -0.4 is 5.32 Å². The van der Waals surface area contributed by atoms with Crippen molar-refractivity contribution in [2.24, 2.45) is 4.99 Å². The van der Waals surface area contributed by atoms with E-state index in [2.05, 4.69) is 15.3 Å². The number of hydrogen-bond acceptors (Lipinski definition) is 5. The van der Waals surface area contributed by atoms with E-state index >= 15 is 0 Å². The molecule has 2 aromatic heterocycles. The van der Waals surface area contributed by atoms with E-state index in [1.54, 1.807) is 30.7 Å². The standard InChI is InChI=1S/C24H23FN4O/c25-20-8-6-18(7-9-20)23-24(19-10-14-26-15-11-19)29-22(5-3-13-28-23)17-30-16-21-4-1-2-12-27-21/h1-2,4,6-15,22,29H,3,5,16-17H2/b24-23-,28-13?/t22-/m0/s1. The fraction of sp³-hybridized carbons (Fsp3) is 0.208. The van der Waals surface area contributed by atoms with Crippen molar-refractivity contribution in [2.45, 2.75) is 25.5 Å². The molecule has 0 saturated carbocycles. The number of hydrogen-bond donors (Lipinski definition) is 1. The summed E-state index contributed by atoms with van der Waals surface area (Å²) in [5.74, 6) is -0.270. The van der Waals surface area contributed by atoms with Crippen molar-refractivity contribution in [3.05, 3.63) is 95.8 Å². The molecule has 0 amide bonds. The monoisotopic (exact) mass is 402 g/mol. The van der Waals surface area contributed by atoms with Gasteiger partial charge in [0.05, 0.1) is 30.3 Å². The maximum atomic E-state index is 13.5. The highest BCUT2D eigenvalue weighted by atomic mass is 19.1. The van der Waals surface area contributed by atoms with Crippen LogP contribution in [0.2, 0.25) is 0 Å². The number of benzene rings is 1. The second-order valence-electron chi connectivity index (χ2n) is 7.03. The Balaban J connectivity index is 1.59. The van der Waals surface area contributed by atoms with E-state index in [9.17, 15) is 4.39 Å². The van der Waals surface area contributed by atoms with E-state index in [-0.39, 0.29) is 11.9 Å². The van der Waals surface area contributed by atoms with Crippen molar-refractivity contribution in [1.82, 2.24) is 15.3 Å². The molecule has 0 spiro atoms. The molecule has 5 nitrogen and oxygen atoms in total. The van der Waals surface area contributed by atoms with E-state index in [0.717, 1.165) is 41.1 Å². The average molecular weight is 402 g/mol. The minimum atomic E-state index is -0.270. The number of halogens is 1. The zero-order chi connectivity index (χ0) is 20.6. The molecule has 1 aliphatic rings. The molecule has 0 bridgehead atoms. The topological polar surface area (TPSA) is 59.4 Å². The Bertz CT molecular complexity index is 1000. The SMILES string of the molecule is Fc1ccc(/C2=C(\c3ccncc3)N[C@H](COCc3ccccn3)CCC=N2)cc1. The molecule has 0 aliphatic carbocycles. The third-order valence-electron chi connectivity index (χ3n) is 4.83. The minimum Gasteiger partial charge on any atom is -0.378 e. The smallest absolute Gasteiger partial charge is 0.123 e. The van der Waals surface area contributed by atoms with Gasteiger partial charge in [-0.3, -0.25) is 15.0 Å². The van der Waals surface area contributed by atoms with Gasteiger partial charge in [-0.15, -0.1) is 0 Å². The van der Waals surface area contributed by atoms with E-state index in [4.69, 9.17) is 9.73 Å². The Hall–Kier alpha value is -3.38. The van der Waals surface area contributed by atoms with E-state index in [1.165, 1.54) is 12.1 Å². The molecule has 0 saturated heterocycles. The molecule has 0 fully saturated rings. The predicted molar refractivity (Wildman–Crippen MR) is 116 cm³/mol. The highest BCUT2D eigenvalue weighted by Gasteiger charge is 2.18. The molecule has 1 N–H and O–H groups in total. The van der Waals surface area contributed by atoms with Gasteiger partial charge in [0.2, 0.25) is 0 Å². The Kier molecular flexibility index (Phi) is 6.57. The number of rotatable bonds is 6. The largest absolute Gasteiger partial charge is 0.378 e. The third kappa shape index (κ3) is 5.15. The summed E-state index contributed by atoms with van der Waals surface area (Å²) < 4.78 is 19.4. The minimum absolute atomic E-state index is 0.0964. The molecule has 4 rings (SSSR count). The molecule has 6 heteroatoms. The van der Waals surface area contributed by atoms with Crippen LogP contribution in [0.1, 0.15) is 29.7 Å². The Morgan fingerprint density at radius 3 is 2.57 bits per heavy atom. The summed E-state index contributed by atoms with van der Waals surface area (Å²) in [6, 6.07) is 16.2. The number of nitrogens with one attached hydrogen (secondary N) is 1. The van der Waals surface area contributed by atoms with Gasteiger partial charge in [0.1, 0.15) is 5.82 Å². The van der Waals surface area contributed by atoms with Crippen molar-refractivity contribution in [1.29, 1.82) is 0 Å². The zero-order valence-electron chi connectivity index (χ0n) is 16.5. The lowest BCUT2D eigenvalue weighted by atomic mass is 10.0. The van der Waals surface area contributed by atoms with Gasteiger partial charge in [-0.1, -0.05) is 6.07 Å². The number of nitrogens with zero attached hydrogens (tertiary/aromatic N) is 3. The quantitative estimate of drug-likeness (QED) is 0.660. The Morgan fingerprint density at radius 2 is 1.80 bits per heavy atom. The zero-order valence-corrected chi connectivity index (χ0v) is 16.5.